The normalized spacial score (nSPS) is 9.90. The number of hydrogen-bond donors (Lipinski definition) is 1. The monoisotopic (exact) mass is 292 g/mol. The Bertz CT molecular complexity index is 587. The number of pyridine rings is 1. The standard InChI is InChI=1S/C14H13ClN2O3/c1-19-10-4-6-11(7-5-10)20-9-13(18)17-12-3-2-8-16-14(12)15/h2-8H,9H2,1H3,(H,17,18). The van der Waals surface area contributed by atoms with Crippen molar-refractivity contribution in [1.29, 1.82) is 0 Å². The Kier molecular flexibility index (Phi) is 4.79. The van der Waals surface area contributed by atoms with E-state index in [2.05, 4.69) is 10.3 Å². The summed E-state index contributed by atoms with van der Waals surface area (Å²) in [7, 11) is 1.58. The molecule has 104 valence electrons. The highest BCUT2D eigenvalue weighted by Crippen LogP contribution is 2.18. The predicted octanol–water partition coefficient (Wildman–Crippen LogP) is 2.76. The van der Waals surface area contributed by atoms with Crippen molar-refractivity contribution < 1.29 is 14.3 Å². The van der Waals surface area contributed by atoms with Crippen molar-refractivity contribution in [3.8, 4) is 11.5 Å². The Morgan fingerprint density at radius 2 is 1.95 bits per heavy atom. The third-order valence-corrected chi connectivity index (χ3v) is 2.76. The van der Waals surface area contributed by atoms with Crippen molar-refractivity contribution in [2.75, 3.05) is 19.0 Å². The highest BCUT2D eigenvalue weighted by Gasteiger charge is 2.07. The molecule has 1 heterocycles. The second kappa shape index (κ2) is 6.77. The Morgan fingerprint density at radius 3 is 2.60 bits per heavy atom. The first-order valence-electron chi connectivity index (χ1n) is 5.86. The first-order valence-corrected chi connectivity index (χ1v) is 6.24. The molecule has 1 aromatic heterocycles. The summed E-state index contributed by atoms with van der Waals surface area (Å²) < 4.78 is 10.4. The molecule has 0 spiro atoms. The van der Waals surface area contributed by atoms with Crippen LogP contribution in [0.15, 0.2) is 42.6 Å². The minimum atomic E-state index is -0.310. The Hall–Kier alpha value is -2.27. The molecule has 0 bridgehead atoms. The van der Waals surface area contributed by atoms with Gasteiger partial charge in [0.25, 0.3) is 5.91 Å². The molecule has 0 atom stereocenters. The number of halogens is 1. The van der Waals surface area contributed by atoms with Crippen LogP contribution >= 0.6 is 11.6 Å². The van der Waals surface area contributed by atoms with Crippen molar-refractivity contribution in [1.82, 2.24) is 4.98 Å². The van der Waals surface area contributed by atoms with Gasteiger partial charge in [-0.05, 0) is 36.4 Å². The van der Waals surface area contributed by atoms with Gasteiger partial charge in [0.15, 0.2) is 11.8 Å². The zero-order chi connectivity index (χ0) is 14.4. The van der Waals surface area contributed by atoms with Crippen molar-refractivity contribution in [2.45, 2.75) is 0 Å². The number of carbonyl (C=O) groups is 1. The highest BCUT2D eigenvalue weighted by atomic mass is 35.5. The predicted molar refractivity (Wildman–Crippen MR) is 76.4 cm³/mol. The number of benzene rings is 1. The van der Waals surface area contributed by atoms with E-state index >= 15 is 0 Å². The lowest BCUT2D eigenvalue weighted by atomic mass is 10.3. The molecule has 0 aliphatic heterocycles. The van der Waals surface area contributed by atoms with E-state index in [0.717, 1.165) is 5.75 Å². The van der Waals surface area contributed by atoms with E-state index in [1.165, 1.54) is 0 Å². The fourth-order valence-electron chi connectivity index (χ4n) is 1.49. The third kappa shape index (κ3) is 3.86. The molecule has 0 unspecified atom stereocenters. The zero-order valence-electron chi connectivity index (χ0n) is 10.8. The molecular formula is C14H13ClN2O3. The van der Waals surface area contributed by atoms with Gasteiger partial charge < -0.3 is 14.8 Å². The highest BCUT2D eigenvalue weighted by molar-refractivity contribution is 6.32. The van der Waals surface area contributed by atoms with Gasteiger partial charge in [-0.15, -0.1) is 0 Å². The van der Waals surface area contributed by atoms with E-state index in [0.29, 0.717) is 11.4 Å². The number of ether oxygens (including phenoxy) is 2. The smallest absolute Gasteiger partial charge is 0.262 e. The molecule has 0 fully saturated rings. The molecule has 0 aliphatic rings. The summed E-state index contributed by atoms with van der Waals surface area (Å²) in [6.07, 6.45) is 1.55. The number of methoxy groups -OCH3 is 1. The van der Waals surface area contributed by atoms with Crippen LogP contribution in [-0.4, -0.2) is 24.6 Å². The molecule has 1 amide bonds. The number of rotatable bonds is 5. The number of carbonyl (C=O) groups excluding carboxylic acids is 1. The summed E-state index contributed by atoms with van der Waals surface area (Å²) in [5.74, 6) is 0.998. The Morgan fingerprint density at radius 1 is 1.25 bits per heavy atom. The van der Waals surface area contributed by atoms with Crippen LogP contribution in [-0.2, 0) is 4.79 Å². The van der Waals surface area contributed by atoms with Gasteiger partial charge in [0.1, 0.15) is 11.5 Å². The Labute approximate surface area is 121 Å². The quantitative estimate of drug-likeness (QED) is 0.861. The SMILES string of the molecule is COc1ccc(OCC(=O)Nc2cccnc2Cl)cc1. The van der Waals surface area contributed by atoms with E-state index in [9.17, 15) is 4.79 Å². The molecule has 0 aliphatic carbocycles. The van der Waals surface area contributed by atoms with Crippen molar-refractivity contribution in [3.05, 3.63) is 47.7 Å². The average molecular weight is 293 g/mol. The van der Waals surface area contributed by atoms with Crippen LogP contribution in [0, 0.1) is 0 Å². The van der Waals surface area contributed by atoms with Gasteiger partial charge in [-0.3, -0.25) is 4.79 Å². The van der Waals surface area contributed by atoms with Crippen LogP contribution in [0.3, 0.4) is 0 Å². The molecule has 6 heteroatoms. The maximum atomic E-state index is 11.7. The largest absolute Gasteiger partial charge is 0.497 e. The summed E-state index contributed by atoms with van der Waals surface area (Å²) in [5.41, 5.74) is 0.456. The van der Waals surface area contributed by atoms with Gasteiger partial charge >= 0.3 is 0 Å². The zero-order valence-corrected chi connectivity index (χ0v) is 11.6. The Balaban J connectivity index is 1.87. The topological polar surface area (TPSA) is 60.5 Å². The van der Waals surface area contributed by atoms with E-state index in [1.807, 2.05) is 0 Å². The minimum absolute atomic E-state index is 0.114. The van der Waals surface area contributed by atoms with E-state index in [1.54, 1.807) is 49.7 Å². The van der Waals surface area contributed by atoms with Crippen LogP contribution < -0.4 is 14.8 Å². The number of nitrogens with zero attached hydrogens (tertiary/aromatic N) is 1. The second-order valence-electron chi connectivity index (χ2n) is 3.85. The van der Waals surface area contributed by atoms with Crippen LogP contribution in [0.5, 0.6) is 11.5 Å². The molecule has 20 heavy (non-hydrogen) atoms. The number of amides is 1. The fourth-order valence-corrected chi connectivity index (χ4v) is 1.65. The van der Waals surface area contributed by atoms with Gasteiger partial charge in [-0.2, -0.15) is 0 Å². The van der Waals surface area contributed by atoms with Crippen molar-refractivity contribution >= 4 is 23.2 Å². The summed E-state index contributed by atoms with van der Waals surface area (Å²) in [4.78, 5) is 15.6. The van der Waals surface area contributed by atoms with Crippen LogP contribution in [0.1, 0.15) is 0 Å². The summed E-state index contributed by atoms with van der Waals surface area (Å²) in [6, 6.07) is 10.3. The lowest BCUT2D eigenvalue weighted by Gasteiger charge is -2.08. The van der Waals surface area contributed by atoms with Gasteiger partial charge in [-0.25, -0.2) is 4.98 Å². The minimum Gasteiger partial charge on any atom is -0.497 e. The number of hydrogen-bond acceptors (Lipinski definition) is 4. The van der Waals surface area contributed by atoms with Crippen LogP contribution in [0.2, 0.25) is 5.15 Å². The lowest BCUT2D eigenvalue weighted by molar-refractivity contribution is -0.118. The van der Waals surface area contributed by atoms with Gasteiger partial charge in [0.05, 0.1) is 12.8 Å². The third-order valence-electron chi connectivity index (χ3n) is 2.46. The number of nitrogens with one attached hydrogen (secondary N) is 1. The molecule has 1 aromatic carbocycles. The first-order chi connectivity index (χ1) is 9.69. The maximum Gasteiger partial charge on any atom is 0.262 e. The molecule has 2 aromatic rings. The number of anilines is 1. The summed E-state index contributed by atoms with van der Waals surface area (Å²) >= 11 is 5.84. The van der Waals surface area contributed by atoms with Gasteiger partial charge in [0, 0.05) is 6.20 Å². The van der Waals surface area contributed by atoms with Gasteiger partial charge in [0.2, 0.25) is 0 Å². The molecule has 5 nitrogen and oxygen atoms in total. The second-order valence-corrected chi connectivity index (χ2v) is 4.21. The van der Waals surface area contributed by atoms with E-state index in [4.69, 9.17) is 21.1 Å². The van der Waals surface area contributed by atoms with Crippen LogP contribution in [0.4, 0.5) is 5.69 Å². The molecule has 0 saturated heterocycles. The molecule has 1 N–H and O–H groups in total. The van der Waals surface area contributed by atoms with Crippen molar-refractivity contribution in [2.24, 2.45) is 0 Å². The number of aromatic nitrogens is 1. The molecular weight excluding hydrogens is 280 g/mol. The van der Waals surface area contributed by atoms with E-state index < -0.39 is 0 Å². The van der Waals surface area contributed by atoms with Crippen molar-refractivity contribution in [3.63, 3.8) is 0 Å². The van der Waals surface area contributed by atoms with Crippen LogP contribution in [0.25, 0.3) is 0 Å². The fraction of sp³-hybridized carbons (Fsp3) is 0.143. The lowest BCUT2D eigenvalue weighted by Crippen LogP contribution is -2.20. The molecule has 2 rings (SSSR count). The maximum absolute atomic E-state index is 11.7. The first kappa shape index (κ1) is 14.1. The summed E-state index contributed by atoms with van der Waals surface area (Å²) in [5, 5.41) is 2.86. The van der Waals surface area contributed by atoms with E-state index in [-0.39, 0.29) is 17.7 Å². The summed E-state index contributed by atoms with van der Waals surface area (Å²) in [6.45, 7) is -0.114. The molecule has 0 saturated carbocycles. The average Bonchev–Trinajstić information content (AvgIpc) is 2.48. The van der Waals surface area contributed by atoms with Gasteiger partial charge in [-0.1, -0.05) is 11.6 Å². The molecule has 0 radical (unpaired) electrons.